The molecule has 0 radical (unpaired) electrons. The van der Waals surface area contributed by atoms with Gasteiger partial charge in [0.25, 0.3) is 0 Å². The molecule has 2 rings (SSSR count). The summed E-state index contributed by atoms with van der Waals surface area (Å²) in [4.78, 5) is 12.2. The number of hydrogen-bond acceptors (Lipinski definition) is 4. The number of hydrogen-bond donors (Lipinski definition) is 1. The van der Waals surface area contributed by atoms with Gasteiger partial charge in [0, 0.05) is 11.0 Å². The molecular formula is C18H21BrN2O4S. The van der Waals surface area contributed by atoms with E-state index in [2.05, 4.69) is 21.2 Å². The summed E-state index contributed by atoms with van der Waals surface area (Å²) < 4.78 is 31.4. The summed E-state index contributed by atoms with van der Waals surface area (Å²) in [5, 5.41) is 2.74. The van der Waals surface area contributed by atoms with E-state index >= 15 is 0 Å². The van der Waals surface area contributed by atoms with E-state index in [4.69, 9.17) is 4.74 Å². The van der Waals surface area contributed by atoms with Gasteiger partial charge in [0.1, 0.15) is 12.3 Å². The summed E-state index contributed by atoms with van der Waals surface area (Å²) >= 11 is 3.31. The van der Waals surface area contributed by atoms with Crippen molar-refractivity contribution in [3.63, 3.8) is 0 Å². The highest BCUT2D eigenvalue weighted by Gasteiger charge is 2.20. The topological polar surface area (TPSA) is 75.7 Å². The smallest absolute Gasteiger partial charge is 0.241 e. The second-order valence-corrected chi connectivity index (χ2v) is 8.42. The molecule has 140 valence electrons. The molecule has 0 heterocycles. The van der Waals surface area contributed by atoms with E-state index in [9.17, 15) is 13.2 Å². The Balaban J connectivity index is 2.00. The average Bonchev–Trinajstić information content (AvgIpc) is 2.59. The molecule has 0 aliphatic heterocycles. The van der Waals surface area contributed by atoms with Crippen LogP contribution in [-0.2, 0) is 21.4 Å². The minimum absolute atomic E-state index is 0.280. The zero-order valence-corrected chi connectivity index (χ0v) is 17.0. The summed E-state index contributed by atoms with van der Waals surface area (Å²) in [5.74, 6) is 0.383. The Labute approximate surface area is 162 Å². The molecule has 0 saturated carbocycles. The number of benzene rings is 2. The van der Waals surface area contributed by atoms with Crippen molar-refractivity contribution < 1.29 is 17.9 Å². The van der Waals surface area contributed by atoms with Crippen molar-refractivity contribution in [2.24, 2.45) is 0 Å². The molecule has 0 aliphatic carbocycles. The molecule has 6 nitrogen and oxygen atoms in total. The molecule has 0 saturated heterocycles. The molecule has 0 atom stereocenters. The van der Waals surface area contributed by atoms with Crippen LogP contribution in [-0.4, -0.2) is 33.7 Å². The van der Waals surface area contributed by atoms with E-state index in [1.807, 2.05) is 31.2 Å². The van der Waals surface area contributed by atoms with Crippen LogP contribution in [0.5, 0.6) is 5.75 Å². The third-order valence-corrected chi connectivity index (χ3v) is 5.20. The molecule has 0 aliphatic rings. The Hall–Kier alpha value is -2.06. The molecule has 0 unspecified atom stereocenters. The van der Waals surface area contributed by atoms with Gasteiger partial charge in [0.15, 0.2) is 0 Å². The van der Waals surface area contributed by atoms with Crippen LogP contribution in [0, 0.1) is 0 Å². The molecule has 0 fully saturated rings. The Kier molecular flexibility index (Phi) is 7.05. The van der Waals surface area contributed by atoms with Crippen LogP contribution >= 0.6 is 15.9 Å². The highest BCUT2D eigenvalue weighted by atomic mass is 79.9. The van der Waals surface area contributed by atoms with Crippen molar-refractivity contribution in [3.8, 4) is 5.75 Å². The van der Waals surface area contributed by atoms with Crippen molar-refractivity contribution >= 4 is 37.5 Å². The number of rotatable bonds is 8. The lowest BCUT2D eigenvalue weighted by atomic mass is 10.2. The first kappa shape index (κ1) is 20.3. The maximum atomic E-state index is 12.2. The van der Waals surface area contributed by atoms with Crippen LogP contribution in [0.25, 0.3) is 0 Å². The van der Waals surface area contributed by atoms with Crippen molar-refractivity contribution in [1.29, 1.82) is 0 Å². The zero-order chi connectivity index (χ0) is 19.2. The number of halogens is 1. The van der Waals surface area contributed by atoms with Crippen LogP contribution in [0.15, 0.2) is 53.0 Å². The lowest BCUT2D eigenvalue weighted by molar-refractivity contribution is -0.119. The number of sulfonamides is 1. The van der Waals surface area contributed by atoms with E-state index in [0.29, 0.717) is 18.8 Å². The van der Waals surface area contributed by atoms with Crippen LogP contribution in [0.1, 0.15) is 12.5 Å². The summed E-state index contributed by atoms with van der Waals surface area (Å²) in [6.45, 7) is 2.53. The minimum Gasteiger partial charge on any atom is -0.494 e. The van der Waals surface area contributed by atoms with Gasteiger partial charge in [-0.05, 0) is 48.9 Å². The molecule has 2 aromatic carbocycles. The molecule has 0 bridgehead atoms. The van der Waals surface area contributed by atoms with Gasteiger partial charge < -0.3 is 10.1 Å². The minimum atomic E-state index is -3.58. The zero-order valence-electron chi connectivity index (χ0n) is 14.6. The summed E-state index contributed by atoms with van der Waals surface area (Å²) in [6, 6.07) is 14.1. The molecule has 26 heavy (non-hydrogen) atoms. The van der Waals surface area contributed by atoms with Crippen molar-refractivity contribution in [3.05, 3.63) is 58.6 Å². The number of amides is 1. The third-order valence-electron chi connectivity index (χ3n) is 3.53. The number of nitrogens with one attached hydrogen (secondary N) is 1. The van der Waals surface area contributed by atoms with Gasteiger partial charge in [-0.15, -0.1) is 0 Å². The van der Waals surface area contributed by atoms with Crippen molar-refractivity contribution in [1.82, 2.24) is 5.32 Å². The summed E-state index contributed by atoms with van der Waals surface area (Å²) in [7, 11) is -3.58. The van der Waals surface area contributed by atoms with Crippen LogP contribution < -0.4 is 14.4 Å². The molecule has 0 aromatic heterocycles. The first-order valence-electron chi connectivity index (χ1n) is 8.01. The van der Waals surface area contributed by atoms with Crippen molar-refractivity contribution in [2.75, 3.05) is 23.7 Å². The van der Waals surface area contributed by atoms with E-state index in [1.165, 1.54) is 0 Å². The fourth-order valence-electron chi connectivity index (χ4n) is 2.26. The van der Waals surface area contributed by atoms with Gasteiger partial charge >= 0.3 is 0 Å². The maximum Gasteiger partial charge on any atom is 0.241 e. The molecule has 1 N–H and O–H groups in total. The lowest BCUT2D eigenvalue weighted by Gasteiger charge is -2.22. The van der Waals surface area contributed by atoms with Gasteiger partial charge in [0.05, 0.1) is 18.6 Å². The highest BCUT2D eigenvalue weighted by molar-refractivity contribution is 9.10. The number of nitrogens with zero attached hydrogens (tertiary/aromatic N) is 1. The fraction of sp³-hybridized carbons (Fsp3) is 0.278. The van der Waals surface area contributed by atoms with Crippen LogP contribution in [0.2, 0.25) is 0 Å². The Morgan fingerprint density at radius 2 is 1.73 bits per heavy atom. The Morgan fingerprint density at radius 1 is 1.12 bits per heavy atom. The largest absolute Gasteiger partial charge is 0.494 e. The molecule has 1 amide bonds. The van der Waals surface area contributed by atoms with Crippen molar-refractivity contribution in [2.45, 2.75) is 13.5 Å². The fourth-order valence-corrected chi connectivity index (χ4v) is 3.39. The van der Waals surface area contributed by atoms with Gasteiger partial charge in [-0.3, -0.25) is 9.10 Å². The van der Waals surface area contributed by atoms with Crippen LogP contribution in [0.3, 0.4) is 0 Å². The normalized spacial score (nSPS) is 11.0. The van der Waals surface area contributed by atoms with Crippen LogP contribution in [0.4, 0.5) is 5.69 Å². The number of carbonyl (C=O) groups excluding carboxylic acids is 1. The molecule has 2 aromatic rings. The van der Waals surface area contributed by atoms with Gasteiger partial charge in [-0.1, -0.05) is 28.1 Å². The maximum absolute atomic E-state index is 12.2. The van der Waals surface area contributed by atoms with Gasteiger partial charge in [-0.25, -0.2) is 8.42 Å². The summed E-state index contributed by atoms with van der Waals surface area (Å²) in [5.41, 5.74) is 1.34. The standard InChI is InChI=1S/C18H21BrN2O4S/c1-3-25-17-10-4-14(5-11-17)12-20-18(22)13-21(26(2,23)24)16-8-6-15(19)7-9-16/h4-11H,3,12-13H2,1-2H3,(H,20,22). The third kappa shape index (κ3) is 6.03. The Morgan fingerprint density at radius 3 is 2.27 bits per heavy atom. The monoisotopic (exact) mass is 440 g/mol. The van der Waals surface area contributed by atoms with E-state index in [-0.39, 0.29) is 12.5 Å². The molecule has 0 spiro atoms. The highest BCUT2D eigenvalue weighted by Crippen LogP contribution is 2.20. The average molecular weight is 441 g/mol. The van der Waals surface area contributed by atoms with E-state index in [0.717, 1.165) is 26.3 Å². The van der Waals surface area contributed by atoms with Gasteiger partial charge in [-0.2, -0.15) is 0 Å². The van der Waals surface area contributed by atoms with E-state index < -0.39 is 10.0 Å². The second-order valence-electron chi connectivity index (χ2n) is 5.60. The number of ether oxygens (including phenoxy) is 1. The SMILES string of the molecule is CCOc1ccc(CNC(=O)CN(c2ccc(Br)cc2)S(C)(=O)=O)cc1. The first-order valence-corrected chi connectivity index (χ1v) is 10.7. The lowest BCUT2D eigenvalue weighted by Crippen LogP contribution is -2.40. The number of anilines is 1. The predicted octanol–water partition coefficient (Wildman–Crippen LogP) is 2.93. The quantitative estimate of drug-likeness (QED) is 0.684. The Bertz CT molecular complexity index is 836. The molecular weight excluding hydrogens is 420 g/mol. The first-order chi connectivity index (χ1) is 12.3. The van der Waals surface area contributed by atoms with E-state index in [1.54, 1.807) is 24.3 Å². The van der Waals surface area contributed by atoms with Gasteiger partial charge in [0.2, 0.25) is 15.9 Å². The summed E-state index contributed by atoms with van der Waals surface area (Å²) in [6.07, 6.45) is 1.08. The number of carbonyl (C=O) groups is 1. The molecule has 8 heteroatoms. The predicted molar refractivity (Wildman–Crippen MR) is 106 cm³/mol. The second kappa shape index (κ2) is 9.05.